The number of ether oxygens (including phenoxy) is 1. The van der Waals surface area contributed by atoms with Gasteiger partial charge in [0.15, 0.2) is 0 Å². The molecule has 0 spiro atoms. The smallest absolute Gasteiger partial charge is 0.236 e. The second kappa shape index (κ2) is 8.34. The Hall–Kier alpha value is -2.71. The first kappa shape index (κ1) is 19.6. The zero-order valence-corrected chi connectivity index (χ0v) is 17.5. The zero-order chi connectivity index (χ0) is 20.4. The fraction of sp³-hybridized carbons (Fsp3) is 0.381. The van der Waals surface area contributed by atoms with Gasteiger partial charge in [-0.3, -0.25) is 4.79 Å². The van der Waals surface area contributed by atoms with Crippen LogP contribution in [-0.2, 0) is 16.0 Å². The maximum absolute atomic E-state index is 12.5. The van der Waals surface area contributed by atoms with Crippen molar-refractivity contribution in [1.29, 1.82) is 0 Å². The summed E-state index contributed by atoms with van der Waals surface area (Å²) in [5.41, 5.74) is 1.31. The number of aromatic nitrogens is 2. The summed E-state index contributed by atoms with van der Waals surface area (Å²) in [6, 6.07) is 7.69. The molecule has 29 heavy (non-hydrogen) atoms. The molecule has 4 rings (SSSR count). The monoisotopic (exact) mass is 412 g/mol. The van der Waals surface area contributed by atoms with E-state index in [-0.39, 0.29) is 24.5 Å². The lowest BCUT2D eigenvalue weighted by atomic mass is 10.2. The van der Waals surface area contributed by atoms with Crippen molar-refractivity contribution in [3.05, 3.63) is 47.3 Å². The number of carbonyl (C=O) groups is 1. The van der Waals surface area contributed by atoms with E-state index >= 15 is 0 Å². The van der Waals surface area contributed by atoms with Gasteiger partial charge in [-0.25, -0.2) is 9.97 Å². The number of anilines is 2. The molecule has 1 aliphatic rings. The molecule has 3 aromatic heterocycles. The van der Waals surface area contributed by atoms with Crippen LogP contribution in [0.5, 0.6) is 0 Å². The Kier molecular flexibility index (Phi) is 5.64. The van der Waals surface area contributed by atoms with Crippen molar-refractivity contribution in [2.45, 2.75) is 39.4 Å². The van der Waals surface area contributed by atoms with Crippen LogP contribution in [0.25, 0.3) is 10.8 Å². The van der Waals surface area contributed by atoms with Crippen molar-refractivity contribution in [2.75, 3.05) is 23.3 Å². The van der Waals surface area contributed by atoms with Gasteiger partial charge in [-0.1, -0.05) is 6.07 Å². The SMILES string of the molecule is Cc1oc(-c2cccs2)nc1CC(=O)Nc1ccc(N2CC(C)OC(C)C2)nc1. The first-order valence-corrected chi connectivity index (χ1v) is 10.5. The quantitative estimate of drug-likeness (QED) is 0.685. The average Bonchev–Trinajstić information content (AvgIpc) is 3.32. The van der Waals surface area contributed by atoms with Crippen molar-refractivity contribution < 1.29 is 13.9 Å². The molecule has 2 atom stereocenters. The van der Waals surface area contributed by atoms with E-state index in [2.05, 4.69) is 34.0 Å². The van der Waals surface area contributed by atoms with Gasteiger partial charge in [-0.05, 0) is 44.4 Å². The summed E-state index contributed by atoms with van der Waals surface area (Å²) in [7, 11) is 0. The standard InChI is InChI=1S/C21H24N4O3S/c1-13-11-25(12-14(2)27-13)19-7-6-16(10-22-19)23-20(26)9-17-15(3)28-21(24-17)18-5-4-8-29-18/h4-8,10,13-14H,9,11-12H2,1-3H3,(H,23,26). The van der Waals surface area contributed by atoms with Gasteiger partial charge in [0, 0.05) is 13.1 Å². The molecule has 4 heterocycles. The van der Waals surface area contributed by atoms with Crippen LogP contribution >= 0.6 is 11.3 Å². The Balaban J connectivity index is 1.38. The predicted molar refractivity (Wildman–Crippen MR) is 113 cm³/mol. The molecule has 3 aromatic rings. The summed E-state index contributed by atoms with van der Waals surface area (Å²) in [6.45, 7) is 7.56. The molecular weight excluding hydrogens is 388 g/mol. The molecule has 0 aliphatic carbocycles. The number of aryl methyl sites for hydroxylation is 1. The van der Waals surface area contributed by atoms with Crippen LogP contribution in [0.2, 0.25) is 0 Å². The number of carbonyl (C=O) groups excluding carboxylic acids is 1. The molecule has 0 radical (unpaired) electrons. The van der Waals surface area contributed by atoms with E-state index in [4.69, 9.17) is 9.15 Å². The summed E-state index contributed by atoms with van der Waals surface area (Å²) in [4.78, 5) is 24.6. The molecule has 1 fully saturated rings. The normalized spacial score (nSPS) is 19.3. The van der Waals surface area contributed by atoms with Gasteiger partial charge in [0.25, 0.3) is 0 Å². The Morgan fingerprint density at radius 1 is 1.28 bits per heavy atom. The van der Waals surface area contributed by atoms with E-state index in [0.29, 0.717) is 23.0 Å². The second-order valence-corrected chi connectivity index (χ2v) is 8.24. The molecule has 152 valence electrons. The third kappa shape index (κ3) is 4.65. The van der Waals surface area contributed by atoms with Crippen molar-refractivity contribution in [3.63, 3.8) is 0 Å². The molecule has 2 unspecified atom stereocenters. The lowest BCUT2D eigenvalue weighted by Crippen LogP contribution is -2.45. The number of hydrogen-bond donors (Lipinski definition) is 1. The summed E-state index contributed by atoms with van der Waals surface area (Å²) < 4.78 is 11.5. The number of oxazole rings is 1. The molecule has 1 amide bonds. The van der Waals surface area contributed by atoms with Crippen LogP contribution in [0.4, 0.5) is 11.5 Å². The van der Waals surface area contributed by atoms with E-state index in [1.165, 1.54) is 0 Å². The van der Waals surface area contributed by atoms with Gasteiger partial charge in [-0.15, -0.1) is 11.3 Å². The van der Waals surface area contributed by atoms with E-state index in [9.17, 15) is 4.79 Å². The van der Waals surface area contributed by atoms with Crippen molar-refractivity contribution in [3.8, 4) is 10.8 Å². The molecule has 0 saturated carbocycles. The first-order chi connectivity index (χ1) is 14.0. The Labute approximate surface area is 173 Å². The third-order valence-electron chi connectivity index (χ3n) is 4.73. The van der Waals surface area contributed by atoms with Crippen LogP contribution in [0.1, 0.15) is 25.3 Å². The van der Waals surface area contributed by atoms with Crippen LogP contribution in [-0.4, -0.2) is 41.2 Å². The van der Waals surface area contributed by atoms with Gasteiger partial charge in [0.05, 0.1) is 41.1 Å². The summed E-state index contributed by atoms with van der Waals surface area (Å²) in [5.74, 6) is 1.95. The van der Waals surface area contributed by atoms with Crippen molar-refractivity contribution in [2.24, 2.45) is 0 Å². The summed E-state index contributed by atoms with van der Waals surface area (Å²) in [6.07, 6.45) is 2.18. The van der Waals surface area contributed by atoms with Crippen LogP contribution < -0.4 is 10.2 Å². The fourth-order valence-electron chi connectivity index (χ4n) is 3.47. The third-order valence-corrected chi connectivity index (χ3v) is 5.59. The summed E-state index contributed by atoms with van der Waals surface area (Å²) in [5, 5.41) is 4.85. The number of morpholine rings is 1. The number of nitrogens with zero attached hydrogens (tertiary/aromatic N) is 3. The van der Waals surface area contributed by atoms with Gasteiger partial charge in [-0.2, -0.15) is 0 Å². The highest BCUT2D eigenvalue weighted by molar-refractivity contribution is 7.13. The number of rotatable bonds is 5. The van der Waals surface area contributed by atoms with Gasteiger partial charge in [0.2, 0.25) is 11.8 Å². The Bertz CT molecular complexity index is 958. The molecule has 0 aromatic carbocycles. The van der Waals surface area contributed by atoms with E-state index in [1.54, 1.807) is 17.5 Å². The first-order valence-electron chi connectivity index (χ1n) is 9.64. The maximum Gasteiger partial charge on any atom is 0.236 e. The summed E-state index contributed by atoms with van der Waals surface area (Å²) >= 11 is 1.56. The molecule has 1 saturated heterocycles. The molecule has 7 nitrogen and oxygen atoms in total. The predicted octanol–water partition coefficient (Wildman–Crippen LogP) is 3.90. The van der Waals surface area contributed by atoms with E-state index in [1.807, 2.05) is 36.6 Å². The van der Waals surface area contributed by atoms with E-state index < -0.39 is 0 Å². The highest BCUT2D eigenvalue weighted by Gasteiger charge is 2.23. The highest BCUT2D eigenvalue weighted by atomic mass is 32.1. The zero-order valence-electron chi connectivity index (χ0n) is 16.7. The Morgan fingerprint density at radius 2 is 2.07 bits per heavy atom. The lowest BCUT2D eigenvalue weighted by molar-refractivity contribution is -0.115. The van der Waals surface area contributed by atoms with Gasteiger partial charge >= 0.3 is 0 Å². The number of amides is 1. The van der Waals surface area contributed by atoms with Gasteiger partial charge < -0.3 is 19.4 Å². The van der Waals surface area contributed by atoms with Gasteiger partial charge in [0.1, 0.15) is 11.6 Å². The Morgan fingerprint density at radius 3 is 2.72 bits per heavy atom. The minimum Gasteiger partial charge on any atom is -0.440 e. The molecule has 8 heteroatoms. The molecule has 1 aliphatic heterocycles. The number of pyridine rings is 1. The molecule has 0 bridgehead atoms. The van der Waals surface area contributed by atoms with Crippen LogP contribution in [0, 0.1) is 6.92 Å². The molecule has 1 N–H and O–H groups in total. The maximum atomic E-state index is 12.5. The highest BCUT2D eigenvalue weighted by Crippen LogP contribution is 2.26. The topological polar surface area (TPSA) is 80.5 Å². The number of nitrogens with one attached hydrogen (secondary N) is 1. The van der Waals surface area contributed by atoms with Crippen LogP contribution in [0.15, 0.2) is 40.3 Å². The van der Waals surface area contributed by atoms with Crippen molar-refractivity contribution in [1.82, 2.24) is 9.97 Å². The lowest BCUT2D eigenvalue weighted by Gasteiger charge is -2.36. The average molecular weight is 413 g/mol. The largest absolute Gasteiger partial charge is 0.440 e. The number of thiophene rings is 1. The van der Waals surface area contributed by atoms with Crippen LogP contribution in [0.3, 0.4) is 0 Å². The minimum atomic E-state index is -0.151. The van der Waals surface area contributed by atoms with E-state index in [0.717, 1.165) is 23.8 Å². The van der Waals surface area contributed by atoms with Crippen molar-refractivity contribution >= 4 is 28.7 Å². The fourth-order valence-corrected chi connectivity index (χ4v) is 4.12. The number of hydrogen-bond acceptors (Lipinski definition) is 7. The minimum absolute atomic E-state index is 0.151. The molecular formula is C21H24N4O3S. The second-order valence-electron chi connectivity index (χ2n) is 7.29.